The van der Waals surface area contributed by atoms with E-state index < -0.39 is 0 Å². The third kappa shape index (κ3) is 5.19. The van der Waals surface area contributed by atoms with Gasteiger partial charge in [-0.25, -0.2) is 0 Å². The minimum Gasteiger partial charge on any atom is -0.497 e. The fraction of sp³-hybridized carbons (Fsp3) is 0.200. The number of thioether (sulfide) groups is 1. The zero-order valence-electron chi connectivity index (χ0n) is 13.3. The molecular weight excluding hydrogens is 362 g/mol. The summed E-state index contributed by atoms with van der Waals surface area (Å²) in [4.78, 5) is 11.8. The first-order chi connectivity index (χ1) is 12.2. The summed E-state index contributed by atoms with van der Waals surface area (Å²) < 4.78 is 10.5. The van der Waals surface area contributed by atoms with Crippen LogP contribution < -0.4 is 15.4 Å². The largest absolute Gasteiger partial charge is 0.497 e. The summed E-state index contributed by atoms with van der Waals surface area (Å²) in [6.07, 6.45) is 1.40. The van der Waals surface area contributed by atoms with Gasteiger partial charge < -0.3 is 19.9 Å². The molecule has 25 heavy (non-hydrogen) atoms. The molecule has 130 valence electrons. The molecule has 0 spiro atoms. The fourth-order valence-electron chi connectivity index (χ4n) is 1.84. The van der Waals surface area contributed by atoms with Crippen LogP contribution in [0.3, 0.4) is 0 Å². The average molecular weight is 377 g/mol. The molecule has 1 amide bonds. The van der Waals surface area contributed by atoms with Crippen LogP contribution in [-0.2, 0) is 11.3 Å². The van der Waals surface area contributed by atoms with Crippen molar-refractivity contribution in [2.45, 2.75) is 10.9 Å². The van der Waals surface area contributed by atoms with Crippen LogP contribution in [-0.4, -0.2) is 34.1 Å². The highest BCUT2D eigenvalue weighted by Gasteiger charge is 2.09. The van der Waals surface area contributed by atoms with E-state index in [0.29, 0.717) is 21.8 Å². The molecule has 2 heterocycles. The quantitative estimate of drug-likeness (QED) is 0.578. The van der Waals surface area contributed by atoms with Gasteiger partial charge in [0.1, 0.15) is 12.0 Å². The number of nitrogens with zero attached hydrogens (tertiary/aromatic N) is 3. The maximum Gasteiger partial charge on any atom is 0.236 e. The Kier molecular flexibility index (Phi) is 5.86. The van der Waals surface area contributed by atoms with E-state index in [2.05, 4.69) is 30.5 Å². The van der Waals surface area contributed by atoms with E-state index in [1.54, 1.807) is 13.2 Å². The molecule has 10 heteroatoms. The summed E-state index contributed by atoms with van der Waals surface area (Å²) in [5.41, 5.74) is 1.11. The van der Waals surface area contributed by atoms with E-state index in [4.69, 9.17) is 4.74 Å². The van der Waals surface area contributed by atoms with Gasteiger partial charge in [0.05, 0.1) is 12.9 Å². The van der Waals surface area contributed by atoms with E-state index in [-0.39, 0.29) is 11.7 Å². The zero-order valence-corrected chi connectivity index (χ0v) is 14.9. The van der Waals surface area contributed by atoms with Crippen molar-refractivity contribution in [2.75, 3.05) is 23.5 Å². The van der Waals surface area contributed by atoms with E-state index in [9.17, 15) is 4.79 Å². The van der Waals surface area contributed by atoms with Gasteiger partial charge in [0.2, 0.25) is 11.0 Å². The Hall–Kier alpha value is -2.59. The van der Waals surface area contributed by atoms with Gasteiger partial charge in [-0.2, -0.15) is 0 Å². The molecule has 0 aliphatic carbocycles. The van der Waals surface area contributed by atoms with Crippen LogP contribution in [0, 0.1) is 0 Å². The zero-order chi connectivity index (χ0) is 17.5. The molecule has 0 bridgehead atoms. The number of amides is 1. The fourth-order valence-corrected chi connectivity index (χ4v) is 3.39. The number of carbonyl (C=O) groups excluding carboxylic acids is 1. The van der Waals surface area contributed by atoms with Gasteiger partial charge >= 0.3 is 0 Å². The van der Waals surface area contributed by atoms with Crippen molar-refractivity contribution >= 4 is 40.0 Å². The highest BCUT2D eigenvalue weighted by molar-refractivity contribution is 8.01. The second-order valence-electron chi connectivity index (χ2n) is 4.80. The SMILES string of the molecule is COc1ccc(CNc2nnc(SCC(=O)Nc3ccon3)s2)cc1. The first-order valence-corrected chi connectivity index (χ1v) is 9.06. The first kappa shape index (κ1) is 17.2. The Balaban J connectivity index is 1.44. The number of nitrogens with one attached hydrogen (secondary N) is 2. The maximum atomic E-state index is 11.8. The Morgan fingerprint density at radius 1 is 1.28 bits per heavy atom. The van der Waals surface area contributed by atoms with Crippen molar-refractivity contribution in [2.24, 2.45) is 0 Å². The average Bonchev–Trinajstić information content (AvgIpc) is 3.30. The van der Waals surface area contributed by atoms with Crippen LogP contribution in [0.25, 0.3) is 0 Å². The van der Waals surface area contributed by atoms with Crippen LogP contribution in [0.4, 0.5) is 10.9 Å². The van der Waals surface area contributed by atoms with Crippen LogP contribution >= 0.6 is 23.1 Å². The van der Waals surface area contributed by atoms with E-state index in [0.717, 1.165) is 11.3 Å². The smallest absolute Gasteiger partial charge is 0.236 e. The second kappa shape index (κ2) is 8.49. The van der Waals surface area contributed by atoms with Crippen molar-refractivity contribution in [1.82, 2.24) is 15.4 Å². The van der Waals surface area contributed by atoms with E-state index in [1.807, 2.05) is 24.3 Å². The molecule has 1 aromatic carbocycles. The Morgan fingerprint density at radius 2 is 2.12 bits per heavy atom. The van der Waals surface area contributed by atoms with E-state index >= 15 is 0 Å². The van der Waals surface area contributed by atoms with Gasteiger partial charge in [0.15, 0.2) is 10.2 Å². The molecule has 2 aromatic heterocycles. The number of benzene rings is 1. The van der Waals surface area contributed by atoms with Crippen molar-refractivity contribution in [1.29, 1.82) is 0 Å². The predicted molar refractivity (Wildman–Crippen MR) is 96.1 cm³/mol. The molecular formula is C15H15N5O3S2. The molecule has 3 aromatic rings. The molecule has 8 nitrogen and oxygen atoms in total. The predicted octanol–water partition coefficient (Wildman–Crippen LogP) is 2.88. The summed E-state index contributed by atoms with van der Waals surface area (Å²) >= 11 is 2.72. The van der Waals surface area contributed by atoms with Crippen molar-refractivity contribution < 1.29 is 14.1 Å². The standard InChI is InChI=1S/C15H15N5O3S2/c1-22-11-4-2-10(3-5-11)8-16-14-18-19-15(25-14)24-9-13(21)17-12-6-7-23-20-12/h2-7H,8-9H2,1H3,(H,16,18)(H,17,20,21). The lowest BCUT2D eigenvalue weighted by Crippen LogP contribution is -2.14. The number of anilines is 2. The number of methoxy groups -OCH3 is 1. The van der Waals surface area contributed by atoms with E-state index in [1.165, 1.54) is 29.4 Å². The maximum absolute atomic E-state index is 11.8. The summed E-state index contributed by atoms with van der Waals surface area (Å²) in [6.45, 7) is 0.635. The van der Waals surface area contributed by atoms with Gasteiger partial charge in [0, 0.05) is 12.6 Å². The molecule has 0 fully saturated rings. The summed E-state index contributed by atoms with van der Waals surface area (Å²) in [6, 6.07) is 9.36. The molecule has 0 radical (unpaired) electrons. The molecule has 0 unspecified atom stereocenters. The lowest BCUT2D eigenvalue weighted by atomic mass is 10.2. The topological polar surface area (TPSA) is 102 Å². The molecule has 0 atom stereocenters. The second-order valence-corrected chi connectivity index (χ2v) is 7.00. The third-order valence-corrected chi connectivity index (χ3v) is 5.06. The van der Waals surface area contributed by atoms with Gasteiger partial charge in [-0.3, -0.25) is 4.79 Å². The summed E-state index contributed by atoms with van der Waals surface area (Å²) in [5.74, 6) is 1.26. The summed E-state index contributed by atoms with van der Waals surface area (Å²) in [7, 11) is 1.64. The van der Waals surface area contributed by atoms with Crippen LogP contribution in [0.5, 0.6) is 5.75 Å². The third-order valence-electron chi connectivity index (χ3n) is 3.04. The van der Waals surface area contributed by atoms with Gasteiger partial charge in [-0.05, 0) is 17.7 Å². The minimum absolute atomic E-state index is 0.179. The van der Waals surface area contributed by atoms with Crippen molar-refractivity contribution in [3.63, 3.8) is 0 Å². The molecule has 0 aliphatic heterocycles. The number of rotatable bonds is 8. The Morgan fingerprint density at radius 3 is 2.84 bits per heavy atom. The molecule has 0 saturated heterocycles. The lowest BCUT2D eigenvalue weighted by molar-refractivity contribution is -0.113. The summed E-state index contributed by atoms with van der Waals surface area (Å²) in [5, 5.41) is 18.3. The number of carbonyl (C=O) groups is 1. The van der Waals surface area contributed by atoms with Crippen LogP contribution in [0.1, 0.15) is 5.56 Å². The molecule has 0 aliphatic rings. The number of hydrogen-bond acceptors (Lipinski definition) is 9. The highest BCUT2D eigenvalue weighted by Crippen LogP contribution is 2.26. The normalized spacial score (nSPS) is 10.4. The number of ether oxygens (including phenoxy) is 1. The van der Waals surface area contributed by atoms with Crippen molar-refractivity contribution in [3.05, 3.63) is 42.2 Å². The van der Waals surface area contributed by atoms with Gasteiger partial charge in [-0.1, -0.05) is 40.4 Å². The Bertz CT molecular complexity index is 805. The monoisotopic (exact) mass is 377 g/mol. The van der Waals surface area contributed by atoms with Gasteiger partial charge in [0.25, 0.3) is 0 Å². The van der Waals surface area contributed by atoms with Crippen LogP contribution in [0.15, 0.2) is 45.5 Å². The molecule has 0 saturated carbocycles. The van der Waals surface area contributed by atoms with Crippen molar-refractivity contribution in [3.8, 4) is 5.75 Å². The number of aromatic nitrogens is 3. The van der Waals surface area contributed by atoms with Gasteiger partial charge in [-0.15, -0.1) is 10.2 Å². The molecule has 2 N–H and O–H groups in total. The Labute approximate surface area is 152 Å². The lowest BCUT2D eigenvalue weighted by Gasteiger charge is -2.03. The minimum atomic E-state index is -0.179. The number of hydrogen-bond donors (Lipinski definition) is 2. The first-order valence-electron chi connectivity index (χ1n) is 7.26. The van der Waals surface area contributed by atoms with Crippen LogP contribution in [0.2, 0.25) is 0 Å². The highest BCUT2D eigenvalue weighted by atomic mass is 32.2. The molecule has 3 rings (SSSR count).